The van der Waals surface area contributed by atoms with Gasteiger partial charge in [0.1, 0.15) is 5.75 Å². The third-order valence-corrected chi connectivity index (χ3v) is 5.00. The molecule has 0 fully saturated rings. The maximum absolute atomic E-state index is 10.3. The molecule has 1 aromatic heterocycles. The summed E-state index contributed by atoms with van der Waals surface area (Å²) in [6.45, 7) is 0. The topological polar surface area (TPSA) is 46.0 Å². The van der Waals surface area contributed by atoms with Crippen LogP contribution < -0.4 is 0 Å². The highest BCUT2D eigenvalue weighted by Gasteiger charge is 2.13. The van der Waals surface area contributed by atoms with E-state index in [1.807, 2.05) is 84.9 Å². The first kappa shape index (κ1) is 17.1. The second kappa shape index (κ2) is 7.21. The molecule has 0 bridgehead atoms. The minimum absolute atomic E-state index is 0.268. The number of phenols is 1. The molecular formula is C26H18N2O. The Balaban J connectivity index is 1.79. The van der Waals surface area contributed by atoms with Crippen LogP contribution in [0.4, 0.5) is 0 Å². The average Bonchev–Trinajstić information content (AvgIpc) is 2.80. The van der Waals surface area contributed by atoms with Crippen LogP contribution in [0.2, 0.25) is 0 Å². The Morgan fingerprint density at radius 1 is 0.517 bits per heavy atom. The van der Waals surface area contributed by atoms with E-state index >= 15 is 0 Å². The second-order valence-electron chi connectivity index (χ2n) is 6.87. The lowest BCUT2D eigenvalue weighted by Crippen LogP contribution is -1.96. The van der Waals surface area contributed by atoms with Gasteiger partial charge in [-0.05, 0) is 23.6 Å². The summed E-state index contributed by atoms with van der Waals surface area (Å²) in [7, 11) is 0. The van der Waals surface area contributed by atoms with E-state index in [4.69, 9.17) is 9.97 Å². The summed E-state index contributed by atoms with van der Waals surface area (Å²) < 4.78 is 0. The fraction of sp³-hybridized carbons (Fsp3) is 0. The van der Waals surface area contributed by atoms with Gasteiger partial charge in [0.05, 0.1) is 11.4 Å². The Labute approximate surface area is 169 Å². The number of nitrogens with zero attached hydrogens (tertiary/aromatic N) is 2. The molecule has 0 saturated carbocycles. The Morgan fingerprint density at radius 2 is 1.10 bits per heavy atom. The van der Waals surface area contributed by atoms with E-state index in [-0.39, 0.29) is 5.75 Å². The third kappa shape index (κ3) is 3.23. The van der Waals surface area contributed by atoms with Crippen LogP contribution in [-0.2, 0) is 0 Å². The molecule has 0 saturated heterocycles. The summed E-state index contributed by atoms with van der Waals surface area (Å²) in [5, 5.41) is 12.0. The molecule has 1 heterocycles. The fourth-order valence-electron chi connectivity index (χ4n) is 3.56. The van der Waals surface area contributed by atoms with Crippen molar-refractivity contribution in [2.45, 2.75) is 0 Å². The lowest BCUT2D eigenvalue weighted by molar-refractivity contribution is 0.481. The minimum atomic E-state index is 0.268. The molecule has 0 radical (unpaired) electrons. The number of rotatable bonds is 3. The van der Waals surface area contributed by atoms with E-state index in [0.29, 0.717) is 5.82 Å². The number of hydrogen-bond acceptors (Lipinski definition) is 3. The van der Waals surface area contributed by atoms with Crippen LogP contribution in [0.15, 0.2) is 103 Å². The normalized spacial score (nSPS) is 10.9. The predicted octanol–water partition coefficient (Wildman–Crippen LogP) is 6.34. The van der Waals surface area contributed by atoms with Gasteiger partial charge in [0.25, 0.3) is 0 Å². The van der Waals surface area contributed by atoms with Crippen LogP contribution >= 0.6 is 0 Å². The summed E-state index contributed by atoms with van der Waals surface area (Å²) in [6.07, 6.45) is 0. The van der Waals surface area contributed by atoms with Crippen molar-refractivity contribution in [1.82, 2.24) is 9.97 Å². The van der Waals surface area contributed by atoms with Gasteiger partial charge in [-0.25, -0.2) is 9.97 Å². The fourth-order valence-corrected chi connectivity index (χ4v) is 3.56. The van der Waals surface area contributed by atoms with Gasteiger partial charge in [-0.2, -0.15) is 0 Å². The smallest absolute Gasteiger partial charge is 0.160 e. The maximum Gasteiger partial charge on any atom is 0.160 e. The minimum Gasteiger partial charge on any atom is -0.507 e. The molecule has 138 valence electrons. The highest BCUT2D eigenvalue weighted by molar-refractivity contribution is 5.99. The molecule has 0 aliphatic heterocycles. The molecular weight excluding hydrogens is 356 g/mol. The van der Waals surface area contributed by atoms with Crippen molar-refractivity contribution < 1.29 is 5.11 Å². The summed E-state index contributed by atoms with van der Waals surface area (Å²) in [4.78, 5) is 9.72. The Kier molecular flexibility index (Phi) is 4.26. The van der Waals surface area contributed by atoms with E-state index in [1.54, 1.807) is 6.07 Å². The first-order valence-corrected chi connectivity index (χ1v) is 9.50. The van der Waals surface area contributed by atoms with Crippen molar-refractivity contribution >= 4 is 10.8 Å². The number of hydrogen-bond donors (Lipinski definition) is 1. The van der Waals surface area contributed by atoms with Crippen molar-refractivity contribution in [1.29, 1.82) is 0 Å². The van der Waals surface area contributed by atoms with Crippen molar-refractivity contribution in [3.63, 3.8) is 0 Å². The average molecular weight is 374 g/mol. The molecule has 1 N–H and O–H groups in total. The summed E-state index contributed by atoms with van der Waals surface area (Å²) in [5.74, 6) is 0.948. The molecule has 5 aromatic rings. The number of fused-ring (bicyclic) bond motifs is 1. The van der Waals surface area contributed by atoms with Crippen molar-refractivity contribution in [3.8, 4) is 39.7 Å². The predicted molar refractivity (Wildman–Crippen MR) is 118 cm³/mol. The van der Waals surface area contributed by atoms with Crippen LogP contribution in [-0.4, -0.2) is 15.1 Å². The Morgan fingerprint density at radius 3 is 1.83 bits per heavy atom. The van der Waals surface area contributed by atoms with E-state index in [2.05, 4.69) is 12.1 Å². The monoisotopic (exact) mass is 374 g/mol. The van der Waals surface area contributed by atoms with Gasteiger partial charge in [0.2, 0.25) is 0 Å². The van der Waals surface area contributed by atoms with Gasteiger partial charge >= 0.3 is 0 Å². The number of aromatic hydroxyl groups is 1. The molecule has 0 amide bonds. The lowest BCUT2D eigenvalue weighted by Gasteiger charge is -2.12. The first-order valence-electron chi connectivity index (χ1n) is 9.50. The third-order valence-electron chi connectivity index (χ3n) is 5.00. The molecule has 0 spiro atoms. The zero-order chi connectivity index (χ0) is 19.6. The summed E-state index contributed by atoms with van der Waals surface area (Å²) >= 11 is 0. The van der Waals surface area contributed by atoms with Crippen LogP contribution in [0, 0.1) is 0 Å². The van der Waals surface area contributed by atoms with E-state index < -0.39 is 0 Å². The summed E-state index contributed by atoms with van der Waals surface area (Å²) in [5.41, 5.74) is 4.67. The van der Waals surface area contributed by atoms with Gasteiger partial charge in [0.15, 0.2) is 5.82 Å². The molecule has 4 aromatic carbocycles. The Bertz CT molecular complexity index is 1240. The van der Waals surface area contributed by atoms with Crippen molar-refractivity contribution in [3.05, 3.63) is 103 Å². The van der Waals surface area contributed by atoms with Crippen LogP contribution in [0.5, 0.6) is 5.75 Å². The molecule has 0 unspecified atom stereocenters. The van der Waals surface area contributed by atoms with Crippen LogP contribution in [0.3, 0.4) is 0 Å². The highest BCUT2D eigenvalue weighted by Crippen LogP contribution is 2.35. The Hall–Kier alpha value is -3.98. The molecule has 0 atom stereocenters. The van der Waals surface area contributed by atoms with Crippen molar-refractivity contribution in [2.24, 2.45) is 0 Å². The zero-order valence-corrected chi connectivity index (χ0v) is 15.7. The maximum atomic E-state index is 10.3. The van der Waals surface area contributed by atoms with E-state index in [9.17, 15) is 5.11 Å². The van der Waals surface area contributed by atoms with Gasteiger partial charge < -0.3 is 5.11 Å². The van der Waals surface area contributed by atoms with Gasteiger partial charge in [-0.15, -0.1) is 0 Å². The van der Waals surface area contributed by atoms with Crippen LogP contribution in [0.1, 0.15) is 0 Å². The first-order chi connectivity index (χ1) is 14.3. The second-order valence-corrected chi connectivity index (χ2v) is 6.87. The molecule has 0 aliphatic carbocycles. The summed E-state index contributed by atoms with van der Waals surface area (Å²) in [6, 6.07) is 33.6. The highest BCUT2D eigenvalue weighted by atomic mass is 16.3. The molecule has 29 heavy (non-hydrogen) atoms. The lowest BCUT2D eigenvalue weighted by atomic mass is 9.99. The van der Waals surface area contributed by atoms with E-state index in [1.165, 1.54) is 0 Å². The van der Waals surface area contributed by atoms with Crippen LogP contribution in [0.25, 0.3) is 44.7 Å². The number of phenolic OH excluding ortho intramolecular Hbond substituents is 1. The number of aromatic nitrogens is 2. The molecule has 3 nitrogen and oxygen atoms in total. The SMILES string of the molecule is Oc1ccc(-c2cc(-c3ccccc3)nc(-c3ccccc3)n2)c2ccccc12. The molecule has 0 aliphatic rings. The van der Waals surface area contributed by atoms with Gasteiger partial charge in [0, 0.05) is 22.1 Å². The van der Waals surface area contributed by atoms with E-state index in [0.717, 1.165) is 38.9 Å². The quantitative estimate of drug-likeness (QED) is 0.401. The standard InChI is InChI=1S/C26H18N2O/c29-25-16-15-21(20-13-7-8-14-22(20)25)24-17-23(18-9-3-1-4-10-18)27-26(28-24)19-11-5-2-6-12-19/h1-17,29H. The largest absolute Gasteiger partial charge is 0.507 e. The van der Waals surface area contributed by atoms with Gasteiger partial charge in [-0.3, -0.25) is 0 Å². The molecule has 5 rings (SSSR count). The molecule has 3 heteroatoms. The van der Waals surface area contributed by atoms with Crippen molar-refractivity contribution in [2.75, 3.05) is 0 Å². The number of benzene rings is 4. The van der Waals surface area contributed by atoms with Gasteiger partial charge in [-0.1, -0.05) is 84.9 Å². The zero-order valence-electron chi connectivity index (χ0n) is 15.7.